The quantitative estimate of drug-likeness (QED) is 0.340. The van der Waals surface area contributed by atoms with Gasteiger partial charge >= 0.3 is 5.97 Å². The van der Waals surface area contributed by atoms with Crippen molar-refractivity contribution in [2.75, 3.05) is 6.54 Å². The molecular formula is C24H24BrNO2. The summed E-state index contributed by atoms with van der Waals surface area (Å²) in [7, 11) is 0. The van der Waals surface area contributed by atoms with Crippen LogP contribution in [0, 0.1) is 0 Å². The lowest BCUT2D eigenvalue weighted by Crippen LogP contribution is -2.34. The van der Waals surface area contributed by atoms with E-state index in [0.29, 0.717) is 13.2 Å². The van der Waals surface area contributed by atoms with E-state index in [4.69, 9.17) is 4.74 Å². The fraction of sp³-hybridized carbons (Fsp3) is 0.208. The molecule has 0 fully saturated rings. The number of ether oxygens (including phenoxy) is 1. The summed E-state index contributed by atoms with van der Waals surface area (Å²) in [5.74, 6) is -0.241. The molecule has 0 spiro atoms. The monoisotopic (exact) mass is 437 g/mol. The van der Waals surface area contributed by atoms with E-state index >= 15 is 0 Å². The van der Waals surface area contributed by atoms with Crippen LogP contribution in [0.2, 0.25) is 0 Å². The SMILES string of the molecule is O=C(OCc1ccccc1)[C@H](Br)CN(Cc1ccccc1)Cc1ccccc1. The number of halogens is 1. The van der Waals surface area contributed by atoms with E-state index < -0.39 is 0 Å². The average Bonchev–Trinajstić information content (AvgIpc) is 2.74. The zero-order chi connectivity index (χ0) is 19.6. The van der Waals surface area contributed by atoms with Gasteiger partial charge in [0.2, 0.25) is 0 Å². The molecule has 0 bridgehead atoms. The van der Waals surface area contributed by atoms with Crippen LogP contribution in [0.5, 0.6) is 0 Å². The highest BCUT2D eigenvalue weighted by molar-refractivity contribution is 9.10. The molecule has 0 heterocycles. The van der Waals surface area contributed by atoms with Gasteiger partial charge in [-0.05, 0) is 16.7 Å². The van der Waals surface area contributed by atoms with Crippen molar-refractivity contribution >= 4 is 21.9 Å². The van der Waals surface area contributed by atoms with Crippen molar-refractivity contribution in [2.45, 2.75) is 24.5 Å². The minimum Gasteiger partial charge on any atom is -0.460 e. The highest BCUT2D eigenvalue weighted by Crippen LogP contribution is 2.15. The van der Waals surface area contributed by atoms with Crippen molar-refractivity contribution in [3.8, 4) is 0 Å². The van der Waals surface area contributed by atoms with Gasteiger partial charge in [0.15, 0.2) is 0 Å². The first-order valence-electron chi connectivity index (χ1n) is 9.35. The number of benzene rings is 3. The summed E-state index contributed by atoms with van der Waals surface area (Å²) in [6.07, 6.45) is 0. The van der Waals surface area contributed by atoms with Gasteiger partial charge < -0.3 is 4.74 Å². The summed E-state index contributed by atoms with van der Waals surface area (Å²) in [6, 6.07) is 30.3. The van der Waals surface area contributed by atoms with Crippen molar-refractivity contribution in [1.82, 2.24) is 4.90 Å². The number of esters is 1. The predicted molar refractivity (Wildman–Crippen MR) is 116 cm³/mol. The molecule has 0 unspecified atom stereocenters. The lowest BCUT2D eigenvalue weighted by atomic mass is 10.1. The van der Waals surface area contributed by atoms with Crippen LogP contribution in [0.1, 0.15) is 16.7 Å². The highest BCUT2D eigenvalue weighted by atomic mass is 79.9. The molecule has 144 valence electrons. The van der Waals surface area contributed by atoms with Crippen LogP contribution < -0.4 is 0 Å². The van der Waals surface area contributed by atoms with Crippen LogP contribution in [0.4, 0.5) is 0 Å². The molecule has 3 aromatic carbocycles. The maximum Gasteiger partial charge on any atom is 0.321 e. The number of carbonyl (C=O) groups excluding carboxylic acids is 1. The average molecular weight is 438 g/mol. The van der Waals surface area contributed by atoms with Crippen molar-refractivity contribution in [3.05, 3.63) is 108 Å². The molecule has 0 amide bonds. The fourth-order valence-corrected chi connectivity index (χ4v) is 3.53. The molecule has 4 heteroatoms. The zero-order valence-corrected chi connectivity index (χ0v) is 17.3. The predicted octanol–water partition coefficient (Wildman–Crippen LogP) is 5.20. The standard InChI is InChI=1S/C24H24BrNO2/c25-23(24(27)28-19-22-14-8-3-9-15-22)18-26(16-20-10-4-1-5-11-20)17-21-12-6-2-7-13-21/h1-15,23H,16-19H2/t23-/m1/s1. The van der Waals surface area contributed by atoms with Gasteiger partial charge in [-0.15, -0.1) is 0 Å². The minimum absolute atomic E-state index is 0.241. The molecular weight excluding hydrogens is 414 g/mol. The molecule has 3 aromatic rings. The maximum atomic E-state index is 12.5. The van der Waals surface area contributed by atoms with Crippen LogP contribution >= 0.6 is 15.9 Å². The summed E-state index contributed by atoms with van der Waals surface area (Å²) in [5.41, 5.74) is 3.42. The van der Waals surface area contributed by atoms with Crippen LogP contribution in [0.25, 0.3) is 0 Å². The van der Waals surface area contributed by atoms with E-state index in [9.17, 15) is 4.79 Å². The van der Waals surface area contributed by atoms with Crippen molar-refractivity contribution < 1.29 is 9.53 Å². The Balaban J connectivity index is 1.61. The number of alkyl halides is 1. The molecule has 0 saturated carbocycles. The second-order valence-corrected chi connectivity index (χ2v) is 7.81. The summed E-state index contributed by atoms with van der Waals surface area (Å²) in [6.45, 7) is 2.39. The third-order valence-electron chi connectivity index (χ3n) is 4.40. The Morgan fingerprint density at radius 1 is 0.750 bits per heavy atom. The van der Waals surface area contributed by atoms with Crippen LogP contribution in [-0.2, 0) is 29.2 Å². The molecule has 1 atom stereocenters. The van der Waals surface area contributed by atoms with E-state index in [1.165, 1.54) is 11.1 Å². The molecule has 0 aliphatic heterocycles. The molecule has 3 nitrogen and oxygen atoms in total. The Bertz CT molecular complexity index is 799. The molecule has 0 aliphatic carbocycles. The topological polar surface area (TPSA) is 29.5 Å². The van der Waals surface area contributed by atoms with E-state index in [1.807, 2.05) is 66.7 Å². The van der Waals surface area contributed by atoms with Gasteiger partial charge in [0.1, 0.15) is 11.4 Å². The third-order valence-corrected chi connectivity index (χ3v) is 5.06. The van der Waals surface area contributed by atoms with Crippen LogP contribution in [0.3, 0.4) is 0 Å². The maximum absolute atomic E-state index is 12.5. The Labute approximate surface area is 175 Å². The van der Waals surface area contributed by atoms with Crippen molar-refractivity contribution in [3.63, 3.8) is 0 Å². The summed E-state index contributed by atoms with van der Waals surface area (Å²) in [5, 5.41) is 0. The highest BCUT2D eigenvalue weighted by Gasteiger charge is 2.21. The lowest BCUT2D eigenvalue weighted by molar-refractivity contribution is -0.144. The molecule has 3 rings (SSSR count). The van der Waals surface area contributed by atoms with Crippen LogP contribution in [0.15, 0.2) is 91.0 Å². The number of nitrogens with zero attached hydrogens (tertiary/aromatic N) is 1. The number of hydrogen-bond acceptors (Lipinski definition) is 3. The summed E-state index contributed by atoms with van der Waals surface area (Å²) >= 11 is 3.53. The van der Waals surface area contributed by atoms with E-state index in [1.54, 1.807) is 0 Å². The largest absolute Gasteiger partial charge is 0.460 e. The molecule has 0 radical (unpaired) electrons. The van der Waals surface area contributed by atoms with E-state index in [2.05, 4.69) is 45.1 Å². The number of rotatable bonds is 9. The molecule has 0 N–H and O–H groups in total. The van der Waals surface area contributed by atoms with Crippen molar-refractivity contribution in [1.29, 1.82) is 0 Å². The Morgan fingerprint density at radius 3 is 1.64 bits per heavy atom. The molecule has 28 heavy (non-hydrogen) atoms. The fourth-order valence-electron chi connectivity index (χ4n) is 2.99. The Kier molecular flexibility index (Phi) is 7.82. The molecule has 0 aliphatic rings. The zero-order valence-electron chi connectivity index (χ0n) is 15.7. The second-order valence-electron chi connectivity index (χ2n) is 6.70. The number of hydrogen-bond donors (Lipinski definition) is 0. The molecule has 0 aromatic heterocycles. The Morgan fingerprint density at radius 2 is 1.18 bits per heavy atom. The van der Waals surface area contributed by atoms with E-state index in [-0.39, 0.29) is 10.8 Å². The van der Waals surface area contributed by atoms with Crippen LogP contribution in [-0.4, -0.2) is 22.2 Å². The van der Waals surface area contributed by atoms with Crippen molar-refractivity contribution in [2.24, 2.45) is 0 Å². The lowest BCUT2D eigenvalue weighted by Gasteiger charge is -2.24. The first-order chi connectivity index (χ1) is 13.7. The van der Waals surface area contributed by atoms with Gasteiger partial charge in [0, 0.05) is 19.6 Å². The third kappa shape index (κ3) is 6.63. The number of carbonyl (C=O) groups is 1. The minimum atomic E-state index is -0.386. The van der Waals surface area contributed by atoms with Gasteiger partial charge in [-0.1, -0.05) is 107 Å². The summed E-state index contributed by atoms with van der Waals surface area (Å²) in [4.78, 5) is 14.3. The van der Waals surface area contributed by atoms with Gasteiger partial charge in [0.05, 0.1) is 0 Å². The first kappa shape index (κ1) is 20.3. The van der Waals surface area contributed by atoms with Gasteiger partial charge in [-0.25, -0.2) is 0 Å². The van der Waals surface area contributed by atoms with Gasteiger partial charge in [-0.3, -0.25) is 9.69 Å². The molecule has 0 saturated heterocycles. The summed E-state index contributed by atoms with van der Waals surface area (Å²) < 4.78 is 5.48. The van der Waals surface area contributed by atoms with E-state index in [0.717, 1.165) is 18.7 Å². The Hall–Kier alpha value is -2.43. The first-order valence-corrected chi connectivity index (χ1v) is 10.3. The van der Waals surface area contributed by atoms with Gasteiger partial charge in [-0.2, -0.15) is 0 Å². The van der Waals surface area contributed by atoms with Gasteiger partial charge in [0.25, 0.3) is 0 Å². The normalized spacial score (nSPS) is 11.9. The smallest absolute Gasteiger partial charge is 0.321 e. The second kappa shape index (κ2) is 10.8.